The number of hydrogen-bond donors (Lipinski definition) is 0. The van der Waals surface area contributed by atoms with Crippen LogP contribution < -0.4 is 0 Å². The zero-order valence-electron chi connectivity index (χ0n) is 14.1. The first-order chi connectivity index (χ1) is 12.0. The Hall–Kier alpha value is -2.43. The lowest BCUT2D eigenvalue weighted by atomic mass is 10.0. The lowest BCUT2D eigenvalue weighted by Crippen LogP contribution is -2.09. The summed E-state index contributed by atoms with van der Waals surface area (Å²) in [5.74, 6) is 0. The van der Waals surface area contributed by atoms with Gasteiger partial charge in [-0.2, -0.15) is 8.42 Å². The molecular formula is C21H20O3S. The van der Waals surface area contributed by atoms with Crippen LogP contribution >= 0.6 is 0 Å². The molecule has 0 unspecified atom stereocenters. The fourth-order valence-corrected chi connectivity index (χ4v) is 3.44. The molecule has 4 heteroatoms. The normalized spacial score (nSPS) is 11.4. The predicted molar refractivity (Wildman–Crippen MR) is 99.9 cm³/mol. The SMILES string of the molecule is Cc1ccc(S(=O)(=O)OCCc2ccc(-c3ccccc3)cc2)cc1. The number of hydrogen-bond acceptors (Lipinski definition) is 3. The van der Waals surface area contributed by atoms with Crippen molar-refractivity contribution in [3.05, 3.63) is 90.0 Å². The molecule has 128 valence electrons. The van der Waals surface area contributed by atoms with Gasteiger partial charge in [-0.05, 0) is 42.2 Å². The summed E-state index contributed by atoms with van der Waals surface area (Å²) in [6.45, 7) is 2.04. The molecular weight excluding hydrogens is 332 g/mol. The fraction of sp³-hybridized carbons (Fsp3) is 0.143. The van der Waals surface area contributed by atoms with Crippen molar-refractivity contribution in [1.82, 2.24) is 0 Å². The Morgan fingerprint density at radius 2 is 1.36 bits per heavy atom. The van der Waals surface area contributed by atoms with Crippen LogP contribution in [0.2, 0.25) is 0 Å². The van der Waals surface area contributed by atoms with E-state index in [2.05, 4.69) is 12.1 Å². The van der Waals surface area contributed by atoms with Crippen LogP contribution in [0.1, 0.15) is 11.1 Å². The van der Waals surface area contributed by atoms with E-state index in [-0.39, 0.29) is 11.5 Å². The van der Waals surface area contributed by atoms with Crippen LogP contribution in [0.25, 0.3) is 11.1 Å². The summed E-state index contributed by atoms with van der Waals surface area (Å²) in [6, 6.07) is 24.9. The molecule has 0 fully saturated rings. The fourth-order valence-electron chi connectivity index (χ4n) is 2.54. The standard InChI is InChI=1S/C21H20O3S/c1-17-7-13-21(14-8-17)25(22,23)24-16-15-18-9-11-20(12-10-18)19-5-3-2-4-6-19/h2-14H,15-16H2,1H3. The Kier molecular flexibility index (Phi) is 5.31. The summed E-state index contributed by atoms with van der Waals surface area (Å²) >= 11 is 0. The van der Waals surface area contributed by atoms with Gasteiger partial charge >= 0.3 is 0 Å². The average molecular weight is 352 g/mol. The molecule has 3 aromatic carbocycles. The van der Waals surface area contributed by atoms with Crippen LogP contribution in [0.5, 0.6) is 0 Å². The molecule has 0 aliphatic heterocycles. The summed E-state index contributed by atoms with van der Waals surface area (Å²) in [6.07, 6.45) is 0.542. The molecule has 0 bridgehead atoms. The summed E-state index contributed by atoms with van der Waals surface area (Å²) < 4.78 is 29.4. The van der Waals surface area contributed by atoms with Gasteiger partial charge in [-0.15, -0.1) is 0 Å². The van der Waals surface area contributed by atoms with E-state index in [1.807, 2.05) is 49.4 Å². The van der Waals surface area contributed by atoms with Gasteiger partial charge in [-0.25, -0.2) is 0 Å². The van der Waals surface area contributed by atoms with Crippen LogP contribution in [0.15, 0.2) is 83.8 Å². The van der Waals surface area contributed by atoms with E-state index in [0.29, 0.717) is 6.42 Å². The summed E-state index contributed by atoms with van der Waals surface area (Å²) in [7, 11) is -3.70. The minimum atomic E-state index is -3.70. The molecule has 0 amide bonds. The van der Waals surface area contributed by atoms with Crippen LogP contribution in [0.4, 0.5) is 0 Å². The molecule has 0 saturated carbocycles. The lowest BCUT2D eigenvalue weighted by molar-refractivity contribution is 0.322. The zero-order chi connectivity index (χ0) is 17.7. The van der Waals surface area contributed by atoms with Gasteiger partial charge in [0.1, 0.15) is 0 Å². The van der Waals surface area contributed by atoms with Gasteiger partial charge in [-0.3, -0.25) is 4.18 Å². The van der Waals surface area contributed by atoms with Gasteiger partial charge in [0.05, 0.1) is 11.5 Å². The quantitative estimate of drug-likeness (QED) is 0.609. The Morgan fingerprint density at radius 1 is 0.760 bits per heavy atom. The van der Waals surface area contributed by atoms with Crippen LogP contribution in [0, 0.1) is 6.92 Å². The summed E-state index contributed by atoms with van der Waals surface area (Å²) in [5, 5.41) is 0. The van der Waals surface area contributed by atoms with Crippen molar-refractivity contribution in [3.63, 3.8) is 0 Å². The highest BCUT2D eigenvalue weighted by molar-refractivity contribution is 7.86. The first-order valence-electron chi connectivity index (χ1n) is 8.15. The topological polar surface area (TPSA) is 43.4 Å². The summed E-state index contributed by atoms with van der Waals surface area (Å²) in [5.41, 5.74) is 4.35. The van der Waals surface area contributed by atoms with Crippen molar-refractivity contribution >= 4 is 10.1 Å². The van der Waals surface area contributed by atoms with Crippen molar-refractivity contribution in [2.75, 3.05) is 6.61 Å². The number of rotatable bonds is 6. The molecule has 0 aliphatic rings. The molecule has 0 heterocycles. The van der Waals surface area contributed by atoms with Crippen LogP contribution in [-0.4, -0.2) is 15.0 Å². The minimum absolute atomic E-state index is 0.126. The van der Waals surface area contributed by atoms with Gasteiger partial charge in [0.15, 0.2) is 0 Å². The highest BCUT2D eigenvalue weighted by Gasteiger charge is 2.14. The second-order valence-electron chi connectivity index (χ2n) is 5.90. The van der Waals surface area contributed by atoms with E-state index in [9.17, 15) is 8.42 Å². The molecule has 25 heavy (non-hydrogen) atoms. The first-order valence-corrected chi connectivity index (χ1v) is 9.56. The van der Waals surface area contributed by atoms with E-state index >= 15 is 0 Å². The Balaban J connectivity index is 1.59. The van der Waals surface area contributed by atoms with E-state index in [1.54, 1.807) is 24.3 Å². The molecule has 3 nitrogen and oxygen atoms in total. The third-order valence-corrected chi connectivity index (χ3v) is 5.33. The maximum Gasteiger partial charge on any atom is 0.296 e. The molecule has 0 aliphatic carbocycles. The maximum absolute atomic E-state index is 12.2. The Morgan fingerprint density at radius 3 is 2.00 bits per heavy atom. The van der Waals surface area contributed by atoms with Crippen molar-refractivity contribution in [2.45, 2.75) is 18.2 Å². The van der Waals surface area contributed by atoms with Gasteiger partial charge in [0.2, 0.25) is 0 Å². The molecule has 0 aromatic heterocycles. The second-order valence-corrected chi connectivity index (χ2v) is 7.52. The Bertz CT molecular complexity index is 913. The third-order valence-electron chi connectivity index (χ3n) is 4.00. The lowest BCUT2D eigenvalue weighted by Gasteiger charge is -2.07. The molecule has 3 aromatic rings. The van der Waals surface area contributed by atoms with Crippen LogP contribution in [0.3, 0.4) is 0 Å². The third kappa shape index (κ3) is 4.56. The largest absolute Gasteiger partial charge is 0.296 e. The highest BCUT2D eigenvalue weighted by atomic mass is 32.2. The summed E-state index contributed by atoms with van der Waals surface area (Å²) in [4.78, 5) is 0.192. The monoisotopic (exact) mass is 352 g/mol. The maximum atomic E-state index is 12.2. The minimum Gasteiger partial charge on any atom is -0.266 e. The van der Waals surface area contributed by atoms with E-state index in [0.717, 1.165) is 22.3 Å². The van der Waals surface area contributed by atoms with Crippen molar-refractivity contribution in [1.29, 1.82) is 0 Å². The van der Waals surface area contributed by atoms with Gasteiger partial charge in [-0.1, -0.05) is 72.3 Å². The molecule has 0 radical (unpaired) electrons. The first kappa shape index (κ1) is 17.4. The van der Waals surface area contributed by atoms with E-state index < -0.39 is 10.1 Å². The van der Waals surface area contributed by atoms with Crippen molar-refractivity contribution in [3.8, 4) is 11.1 Å². The smallest absolute Gasteiger partial charge is 0.266 e. The molecule has 0 saturated heterocycles. The van der Waals surface area contributed by atoms with Gasteiger partial charge < -0.3 is 0 Å². The predicted octanol–water partition coefficient (Wildman–Crippen LogP) is 4.61. The van der Waals surface area contributed by atoms with Gasteiger partial charge in [0, 0.05) is 0 Å². The second kappa shape index (κ2) is 7.64. The van der Waals surface area contributed by atoms with E-state index in [1.165, 1.54) is 0 Å². The average Bonchev–Trinajstić information content (AvgIpc) is 2.63. The number of benzene rings is 3. The molecule has 0 N–H and O–H groups in total. The van der Waals surface area contributed by atoms with Crippen LogP contribution in [-0.2, 0) is 20.7 Å². The Labute approximate surface area is 149 Å². The van der Waals surface area contributed by atoms with Gasteiger partial charge in [0.25, 0.3) is 10.1 Å². The molecule has 0 atom stereocenters. The van der Waals surface area contributed by atoms with E-state index in [4.69, 9.17) is 4.18 Å². The molecule has 0 spiro atoms. The van der Waals surface area contributed by atoms with Crippen molar-refractivity contribution < 1.29 is 12.6 Å². The highest BCUT2D eigenvalue weighted by Crippen LogP contribution is 2.20. The molecule has 3 rings (SSSR count). The zero-order valence-corrected chi connectivity index (χ0v) is 14.9. The number of aryl methyl sites for hydroxylation is 1. The van der Waals surface area contributed by atoms with Crippen molar-refractivity contribution in [2.24, 2.45) is 0 Å².